The summed E-state index contributed by atoms with van der Waals surface area (Å²) in [7, 11) is 1.67. The zero-order chi connectivity index (χ0) is 20.1. The molecular formula is C25H22BrNO2. The molecule has 3 nitrogen and oxygen atoms in total. The summed E-state index contributed by atoms with van der Waals surface area (Å²) in [5.74, 6) is 1.44. The maximum Gasteiger partial charge on any atom is 0.162 e. The molecule has 1 N–H and O–H groups in total. The van der Waals surface area contributed by atoms with Crippen LogP contribution in [0.3, 0.4) is 0 Å². The molecule has 0 aliphatic carbocycles. The first-order valence-electron chi connectivity index (χ1n) is 9.49. The van der Waals surface area contributed by atoms with E-state index >= 15 is 0 Å². The van der Waals surface area contributed by atoms with E-state index in [2.05, 4.69) is 63.7 Å². The molecule has 0 fully saturated rings. The predicted molar refractivity (Wildman–Crippen MR) is 123 cm³/mol. The smallest absolute Gasteiger partial charge is 0.162 e. The first-order chi connectivity index (χ1) is 14.2. The Kier molecular flexibility index (Phi) is 6.01. The van der Waals surface area contributed by atoms with Gasteiger partial charge in [-0.05, 0) is 34.7 Å². The lowest BCUT2D eigenvalue weighted by Crippen LogP contribution is -2.03. The number of anilines is 1. The Hall–Kier alpha value is -2.98. The second kappa shape index (κ2) is 9.01. The molecule has 0 aromatic heterocycles. The van der Waals surface area contributed by atoms with E-state index in [4.69, 9.17) is 9.47 Å². The lowest BCUT2D eigenvalue weighted by Gasteiger charge is -2.15. The Bertz CT molecular complexity index is 1110. The normalized spacial score (nSPS) is 10.7. The SMILES string of the molecule is COc1cc(CNc2cccc3ccccc23)c(Br)cc1OCc1ccccc1. The van der Waals surface area contributed by atoms with E-state index in [9.17, 15) is 0 Å². The molecule has 0 saturated heterocycles. The number of benzene rings is 4. The van der Waals surface area contributed by atoms with Gasteiger partial charge in [0.25, 0.3) is 0 Å². The summed E-state index contributed by atoms with van der Waals surface area (Å²) in [6, 6.07) is 28.8. The number of halogens is 1. The van der Waals surface area contributed by atoms with Gasteiger partial charge in [-0.25, -0.2) is 0 Å². The minimum atomic E-state index is 0.497. The summed E-state index contributed by atoms with van der Waals surface area (Å²) in [4.78, 5) is 0. The van der Waals surface area contributed by atoms with E-state index in [1.807, 2.05) is 42.5 Å². The molecule has 0 radical (unpaired) electrons. The number of nitrogens with one attached hydrogen (secondary N) is 1. The van der Waals surface area contributed by atoms with E-state index in [0.717, 1.165) is 32.8 Å². The minimum absolute atomic E-state index is 0.497. The second-order valence-electron chi connectivity index (χ2n) is 6.75. The zero-order valence-corrected chi connectivity index (χ0v) is 17.8. The quantitative estimate of drug-likeness (QED) is 0.337. The first kappa shape index (κ1) is 19.3. The third-order valence-electron chi connectivity index (χ3n) is 4.83. The van der Waals surface area contributed by atoms with Crippen molar-refractivity contribution in [3.63, 3.8) is 0 Å². The molecule has 0 aliphatic heterocycles. The molecule has 4 rings (SSSR count). The van der Waals surface area contributed by atoms with Crippen LogP contribution in [0.25, 0.3) is 10.8 Å². The fraction of sp³-hybridized carbons (Fsp3) is 0.120. The van der Waals surface area contributed by atoms with Crippen molar-refractivity contribution in [2.24, 2.45) is 0 Å². The highest BCUT2D eigenvalue weighted by atomic mass is 79.9. The predicted octanol–water partition coefficient (Wildman–Crippen LogP) is 6.80. The molecule has 4 aromatic rings. The van der Waals surface area contributed by atoms with E-state index in [0.29, 0.717) is 13.2 Å². The van der Waals surface area contributed by atoms with Crippen LogP contribution in [-0.2, 0) is 13.2 Å². The molecule has 29 heavy (non-hydrogen) atoms. The highest BCUT2D eigenvalue weighted by Gasteiger charge is 2.11. The largest absolute Gasteiger partial charge is 0.493 e. The zero-order valence-electron chi connectivity index (χ0n) is 16.2. The average molecular weight is 448 g/mol. The third-order valence-corrected chi connectivity index (χ3v) is 5.57. The fourth-order valence-electron chi connectivity index (χ4n) is 3.29. The molecule has 0 bridgehead atoms. The Labute approximate surface area is 179 Å². The van der Waals surface area contributed by atoms with Crippen molar-refractivity contribution in [2.45, 2.75) is 13.2 Å². The summed E-state index contributed by atoms with van der Waals surface area (Å²) in [6.45, 7) is 1.17. The summed E-state index contributed by atoms with van der Waals surface area (Å²) in [6.07, 6.45) is 0. The molecule has 0 atom stereocenters. The fourth-order valence-corrected chi connectivity index (χ4v) is 3.75. The Balaban J connectivity index is 1.52. The molecular weight excluding hydrogens is 426 g/mol. The van der Waals surface area contributed by atoms with E-state index in [-0.39, 0.29) is 0 Å². The molecule has 0 aliphatic rings. The molecule has 0 heterocycles. The Morgan fingerprint density at radius 3 is 2.41 bits per heavy atom. The van der Waals surface area contributed by atoms with E-state index in [1.54, 1.807) is 7.11 Å². The van der Waals surface area contributed by atoms with Crippen molar-refractivity contribution in [1.29, 1.82) is 0 Å². The van der Waals surface area contributed by atoms with Crippen molar-refractivity contribution in [3.8, 4) is 11.5 Å². The van der Waals surface area contributed by atoms with Crippen molar-refractivity contribution < 1.29 is 9.47 Å². The lowest BCUT2D eigenvalue weighted by molar-refractivity contribution is 0.284. The maximum atomic E-state index is 5.99. The maximum absolute atomic E-state index is 5.99. The lowest BCUT2D eigenvalue weighted by atomic mass is 10.1. The topological polar surface area (TPSA) is 30.5 Å². The minimum Gasteiger partial charge on any atom is -0.493 e. The summed E-state index contributed by atoms with van der Waals surface area (Å²) < 4.78 is 12.6. The van der Waals surface area contributed by atoms with E-state index in [1.165, 1.54) is 10.8 Å². The van der Waals surface area contributed by atoms with Crippen LogP contribution in [0, 0.1) is 0 Å². The van der Waals surface area contributed by atoms with Gasteiger partial charge in [-0.15, -0.1) is 0 Å². The molecule has 0 spiro atoms. The monoisotopic (exact) mass is 447 g/mol. The van der Waals surface area contributed by atoms with Crippen LogP contribution in [0.2, 0.25) is 0 Å². The van der Waals surface area contributed by atoms with Crippen LogP contribution >= 0.6 is 15.9 Å². The number of hydrogen-bond acceptors (Lipinski definition) is 3. The summed E-state index contributed by atoms with van der Waals surface area (Å²) in [5, 5.41) is 5.98. The van der Waals surface area contributed by atoms with Crippen LogP contribution in [-0.4, -0.2) is 7.11 Å². The van der Waals surface area contributed by atoms with Gasteiger partial charge in [0, 0.05) is 22.1 Å². The Morgan fingerprint density at radius 1 is 0.828 bits per heavy atom. The number of hydrogen-bond donors (Lipinski definition) is 1. The van der Waals surface area contributed by atoms with Crippen molar-refractivity contribution in [3.05, 3.63) is 101 Å². The van der Waals surface area contributed by atoms with Gasteiger partial charge in [0.05, 0.1) is 7.11 Å². The average Bonchev–Trinajstić information content (AvgIpc) is 2.77. The van der Waals surface area contributed by atoms with E-state index < -0.39 is 0 Å². The van der Waals surface area contributed by atoms with Crippen LogP contribution in [0.5, 0.6) is 11.5 Å². The first-order valence-corrected chi connectivity index (χ1v) is 10.3. The van der Waals surface area contributed by atoms with Gasteiger partial charge in [0.1, 0.15) is 6.61 Å². The number of rotatable bonds is 7. The van der Waals surface area contributed by atoms with Gasteiger partial charge in [-0.1, -0.05) is 82.7 Å². The standard InChI is InChI=1S/C25H22BrNO2/c1-28-24-14-20(16-27-23-13-7-11-19-10-5-6-12-21(19)23)22(26)15-25(24)29-17-18-8-3-2-4-9-18/h2-15,27H,16-17H2,1H3. The van der Waals surface area contributed by atoms with Gasteiger partial charge in [0.15, 0.2) is 11.5 Å². The highest BCUT2D eigenvalue weighted by molar-refractivity contribution is 9.10. The van der Waals surface area contributed by atoms with Crippen LogP contribution < -0.4 is 14.8 Å². The van der Waals surface area contributed by atoms with Crippen molar-refractivity contribution in [2.75, 3.05) is 12.4 Å². The highest BCUT2D eigenvalue weighted by Crippen LogP contribution is 2.35. The van der Waals surface area contributed by atoms with Crippen LogP contribution in [0.15, 0.2) is 89.4 Å². The molecule has 0 amide bonds. The number of fused-ring (bicyclic) bond motifs is 1. The van der Waals surface area contributed by atoms with Crippen LogP contribution in [0.4, 0.5) is 5.69 Å². The van der Waals surface area contributed by atoms with Gasteiger partial charge in [0.2, 0.25) is 0 Å². The summed E-state index contributed by atoms with van der Waals surface area (Å²) in [5.41, 5.74) is 3.33. The van der Waals surface area contributed by atoms with Gasteiger partial charge >= 0.3 is 0 Å². The molecule has 4 aromatic carbocycles. The van der Waals surface area contributed by atoms with Crippen LogP contribution in [0.1, 0.15) is 11.1 Å². The second-order valence-corrected chi connectivity index (χ2v) is 7.60. The third kappa shape index (κ3) is 4.54. The molecule has 4 heteroatoms. The van der Waals surface area contributed by atoms with Gasteiger partial charge in [-0.2, -0.15) is 0 Å². The molecule has 146 valence electrons. The van der Waals surface area contributed by atoms with Crippen molar-refractivity contribution >= 4 is 32.4 Å². The Morgan fingerprint density at radius 2 is 1.59 bits per heavy atom. The van der Waals surface area contributed by atoms with Gasteiger partial charge in [-0.3, -0.25) is 0 Å². The molecule has 0 unspecified atom stereocenters. The number of ether oxygens (including phenoxy) is 2. The molecule has 0 saturated carbocycles. The summed E-state index contributed by atoms with van der Waals surface area (Å²) >= 11 is 3.68. The number of methoxy groups -OCH3 is 1. The van der Waals surface area contributed by atoms with Gasteiger partial charge < -0.3 is 14.8 Å². The van der Waals surface area contributed by atoms with Crippen molar-refractivity contribution in [1.82, 2.24) is 0 Å².